The Balaban J connectivity index is 0.000000158. The van der Waals surface area contributed by atoms with Crippen LogP contribution >= 0.6 is 0 Å². The molecule has 0 fully saturated rings. The topological polar surface area (TPSA) is 305 Å². The van der Waals surface area contributed by atoms with Gasteiger partial charge >= 0.3 is 5.69 Å². The van der Waals surface area contributed by atoms with Crippen LogP contribution in [0.4, 0.5) is 0 Å². The van der Waals surface area contributed by atoms with E-state index in [1.807, 2.05) is 141 Å². The molecule has 0 saturated heterocycles. The Labute approximate surface area is 550 Å². The molecule has 0 radical (unpaired) electrons. The normalized spacial score (nSPS) is 10.6. The summed E-state index contributed by atoms with van der Waals surface area (Å²) in [6.45, 7) is 34.5. The Bertz CT molecular complexity index is 5740. The van der Waals surface area contributed by atoms with Gasteiger partial charge < -0.3 is 0 Å². The molecule has 0 bridgehead atoms. The lowest BCUT2D eigenvalue weighted by atomic mass is 10.1. The number of aryl methyl sites for hydroxylation is 18. The van der Waals surface area contributed by atoms with E-state index in [-0.39, 0.29) is 46.5 Å². The minimum absolute atomic E-state index is 0. The van der Waals surface area contributed by atoms with E-state index in [1.54, 1.807) is 57.9 Å². The van der Waals surface area contributed by atoms with Gasteiger partial charge in [-0.15, -0.1) is 5.10 Å². The zero-order valence-electron chi connectivity index (χ0n) is 56.3. The molecule has 0 aliphatic rings. The first-order valence-electron chi connectivity index (χ1n) is 30.0. The Hall–Kier alpha value is -11.8. The molecule has 494 valence electrons. The summed E-state index contributed by atoms with van der Waals surface area (Å²) >= 11 is 0. The second-order valence-corrected chi connectivity index (χ2v) is 22.8. The molecule has 0 aromatic carbocycles. The number of fused-ring (bicyclic) bond motifs is 7. The largest absolute Gasteiger partial charge is 0.355 e. The molecule has 14 heterocycles. The van der Waals surface area contributed by atoms with Gasteiger partial charge in [-0.2, -0.15) is 19.7 Å². The first-order valence-corrected chi connectivity index (χ1v) is 30.0. The van der Waals surface area contributed by atoms with Crippen molar-refractivity contribution in [2.45, 2.75) is 132 Å². The number of hydrogen-bond acceptors (Lipinski definition) is 19. The molecular weight excluding hydrogens is 1220 g/mol. The van der Waals surface area contributed by atoms with Crippen molar-refractivity contribution in [1.29, 1.82) is 0 Å². The maximum Gasteiger partial charge on any atom is 0.355 e. The van der Waals surface area contributed by atoms with Crippen molar-refractivity contribution < 1.29 is 0 Å². The van der Waals surface area contributed by atoms with Gasteiger partial charge in [-0.05, 0) is 193 Å². The minimum Gasteiger partial charge on any atom is -0.278 e. The second-order valence-electron chi connectivity index (χ2n) is 22.8. The fraction of sp³-hybridized carbons (Fsp3) is 0.271. The maximum absolute atomic E-state index is 11.8. The Kier molecular flexibility index (Phi) is 22.6. The third-order valence-corrected chi connectivity index (χ3v) is 15.7. The standard InChI is InChI=1S/C12H14N2O.C11H12N2O.3C10H11N3O.2C8H7N3O.CH4/c1-7-5-8(2)12-9(3)13-6-11(15)14(12)10(7)4;1-7-4-5-9(3)13-10(7)12-6-8(2)11(13)14;1-6-5-11-8(3)13-9(14)4-7(2)12-10(6)13;1-6-4-7(2)13-9(8(6)3)11-5-12-10(13)14;1-6-4-7(2)10-12-11-5-9(14)13(10)8(6)3;1-6-2-5-10-11-7(12)3-4-9-8(6)11;1-6-2-4-9-8-10-5-3-7(12)11(6)8;/h5-6H,1-4H3;4-6H,1-3H3;3*4-5H,1-3H3;2*2-5H,1H3;1H4. The number of nitrogens with zero attached hydrogens (tertiary/aromatic N) is 19. The van der Waals surface area contributed by atoms with Crippen LogP contribution in [0.2, 0.25) is 0 Å². The predicted octanol–water partition coefficient (Wildman–Crippen LogP) is 8.02. The van der Waals surface area contributed by atoms with E-state index in [1.165, 1.54) is 67.0 Å². The van der Waals surface area contributed by atoms with Crippen LogP contribution in [0.15, 0.2) is 150 Å². The van der Waals surface area contributed by atoms with E-state index >= 15 is 0 Å². The van der Waals surface area contributed by atoms with Crippen LogP contribution in [-0.4, -0.2) is 91.1 Å². The fourth-order valence-corrected chi connectivity index (χ4v) is 10.4. The lowest BCUT2D eigenvalue weighted by Crippen LogP contribution is -2.20. The zero-order chi connectivity index (χ0) is 69.4. The van der Waals surface area contributed by atoms with Gasteiger partial charge in [0.1, 0.15) is 35.3 Å². The first kappa shape index (κ1) is 71.6. The summed E-state index contributed by atoms with van der Waals surface area (Å²) in [6, 6.07) is 17.9. The van der Waals surface area contributed by atoms with E-state index in [0.29, 0.717) is 39.8 Å². The molecule has 14 rings (SSSR count). The smallest absolute Gasteiger partial charge is 0.278 e. The SMILES string of the molecule is C.Cc1cc(=O)n2c(C)ncc(C)c2n1.Cc1cc(C)c2c(C)ncc(=O)n2c1C.Cc1cc(C)c2nncc(=O)n2c1C.Cc1cc(C)n2c(=O)ncnc2c1C.Cc1ccnc2nccc(=O)n12.Cc1ccnn2c(=O)ccnc12.Cc1cnc2c(C)ccc(C)n2c1=O. The van der Waals surface area contributed by atoms with Crippen LogP contribution in [-0.2, 0) is 0 Å². The molecule has 0 spiro atoms. The molecule has 14 aromatic rings. The summed E-state index contributed by atoms with van der Waals surface area (Å²) in [4.78, 5) is 117. The Morgan fingerprint density at radius 2 is 0.969 bits per heavy atom. The summed E-state index contributed by atoms with van der Waals surface area (Å²) in [6.07, 6.45) is 13.5. The lowest BCUT2D eigenvalue weighted by molar-refractivity contribution is 0.859. The van der Waals surface area contributed by atoms with Gasteiger partial charge in [0.25, 0.3) is 33.4 Å². The molecular formula is C70H77N19O7. The minimum atomic E-state index is -0.268. The number of pyridine rings is 4. The molecule has 0 N–H and O–H groups in total. The third kappa shape index (κ3) is 15.3. The molecule has 96 heavy (non-hydrogen) atoms. The highest BCUT2D eigenvalue weighted by Crippen LogP contribution is 2.18. The van der Waals surface area contributed by atoms with Crippen LogP contribution in [0.25, 0.3) is 39.5 Å². The number of hydrogen-bond donors (Lipinski definition) is 0. The second kappa shape index (κ2) is 30.3. The van der Waals surface area contributed by atoms with Crippen molar-refractivity contribution in [3.63, 3.8) is 0 Å². The predicted molar refractivity (Wildman–Crippen MR) is 371 cm³/mol. The molecule has 0 aliphatic carbocycles. The van der Waals surface area contributed by atoms with Crippen LogP contribution in [0.5, 0.6) is 0 Å². The quantitative estimate of drug-likeness (QED) is 0.139. The Morgan fingerprint density at radius 3 is 1.66 bits per heavy atom. The summed E-state index contributed by atoms with van der Waals surface area (Å²) in [5, 5.41) is 11.5. The van der Waals surface area contributed by atoms with E-state index in [9.17, 15) is 33.6 Å². The molecule has 26 nitrogen and oxygen atoms in total. The van der Waals surface area contributed by atoms with E-state index in [4.69, 9.17) is 0 Å². The van der Waals surface area contributed by atoms with Gasteiger partial charge in [0.15, 0.2) is 11.3 Å². The summed E-state index contributed by atoms with van der Waals surface area (Å²) in [5.41, 5.74) is 19.8. The summed E-state index contributed by atoms with van der Waals surface area (Å²) in [7, 11) is 0. The summed E-state index contributed by atoms with van der Waals surface area (Å²) in [5.74, 6) is 1.12. The molecule has 26 heteroatoms. The highest BCUT2D eigenvalue weighted by atomic mass is 16.2. The molecule has 0 atom stereocenters. The van der Waals surface area contributed by atoms with Crippen molar-refractivity contribution >= 4 is 39.5 Å². The van der Waals surface area contributed by atoms with Crippen LogP contribution in [0, 0.1) is 125 Å². The molecule has 0 saturated carbocycles. The lowest BCUT2D eigenvalue weighted by Gasteiger charge is -2.12. The monoisotopic (exact) mass is 1300 g/mol. The number of aromatic nitrogens is 19. The van der Waals surface area contributed by atoms with Crippen LogP contribution < -0.4 is 39.0 Å². The van der Waals surface area contributed by atoms with Crippen LogP contribution in [0.3, 0.4) is 0 Å². The fourth-order valence-electron chi connectivity index (χ4n) is 10.4. The van der Waals surface area contributed by atoms with Gasteiger partial charge in [-0.25, -0.2) is 52.9 Å². The van der Waals surface area contributed by atoms with Crippen molar-refractivity contribution in [3.05, 3.63) is 290 Å². The van der Waals surface area contributed by atoms with Gasteiger partial charge in [0.05, 0.1) is 17.4 Å². The average molecular weight is 1300 g/mol. The number of rotatable bonds is 0. The summed E-state index contributed by atoms with van der Waals surface area (Å²) < 4.78 is 10.8. The van der Waals surface area contributed by atoms with Gasteiger partial charge in [0, 0.05) is 101 Å². The highest BCUT2D eigenvalue weighted by Gasteiger charge is 2.12. The molecule has 14 aromatic heterocycles. The molecule has 0 unspecified atom stereocenters. The Morgan fingerprint density at radius 1 is 0.354 bits per heavy atom. The van der Waals surface area contributed by atoms with Gasteiger partial charge in [-0.1, -0.05) is 25.6 Å². The third-order valence-electron chi connectivity index (χ3n) is 15.7. The van der Waals surface area contributed by atoms with Crippen molar-refractivity contribution in [2.75, 3.05) is 0 Å². The first-order chi connectivity index (χ1) is 45.0. The average Bonchev–Trinajstić information content (AvgIpc) is 0.796. The van der Waals surface area contributed by atoms with Crippen LogP contribution in [0.1, 0.15) is 109 Å². The molecule has 0 amide bonds. The highest BCUT2D eigenvalue weighted by molar-refractivity contribution is 5.60. The van der Waals surface area contributed by atoms with E-state index in [0.717, 1.165) is 101 Å². The molecule has 0 aliphatic heterocycles. The van der Waals surface area contributed by atoms with E-state index < -0.39 is 0 Å². The van der Waals surface area contributed by atoms with E-state index in [2.05, 4.69) is 66.2 Å². The van der Waals surface area contributed by atoms with Crippen molar-refractivity contribution in [1.82, 2.24) is 91.1 Å². The maximum atomic E-state index is 11.8. The van der Waals surface area contributed by atoms with Crippen molar-refractivity contribution in [3.8, 4) is 0 Å². The van der Waals surface area contributed by atoms with Crippen molar-refractivity contribution in [2.24, 2.45) is 0 Å². The zero-order valence-corrected chi connectivity index (χ0v) is 56.3. The van der Waals surface area contributed by atoms with Gasteiger partial charge in [0.2, 0.25) is 5.78 Å². The van der Waals surface area contributed by atoms with Gasteiger partial charge in [-0.3, -0.25) is 47.0 Å².